The smallest absolute Gasteiger partial charge is 0.267 e. The van der Waals surface area contributed by atoms with Gasteiger partial charge in [-0.2, -0.15) is 0 Å². The van der Waals surface area contributed by atoms with Crippen molar-refractivity contribution >= 4 is 40.1 Å². The maximum Gasteiger partial charge on any atom is 0.267 e. The lowest BCUT2D eigenvalue weighted by molar-refractivity contribution is 0.0974. The second kappa shape index (κ2) is 9.23. The Morgan fingerprint density at radius 2 is 0.974 bits per heavy atom. The molecule has 0 aliphatic carbocycles. The Bertz CT molecular complexity index is 1880. The summed E-state index contributed by atoms with van der Waals surface area (Å²) in [5, 5.41) is 2.63. The van der Waals surface area contributed by atoms with E-state index in [-0.39, 0.29) is 5.91 Å². The van der Waals surface area contributed by atoms with E-state index in [9.17, 15) is 4.79 Å². The summed E-state index contributed by atoms with van der Waals surface area (Å²) in [7, 11) is -3.58. The third kappa shape index (κ3) is 3.51. The first-order valence-corrected chi connectivity index (χ1v) is 14.7. The number of fused-ring (bicyclic) bond motifs is 3. The number of hydrogen-bond acceptors (Lipinski definition) is 2. The molecule has 6 aromatic rings. The van der Waals surface area contributed by atoms with Gasteiger partial charge in [-0.05, 0) is 17.2 Å². The van der Waals surface area contributed by atoms with Crippen molar-refractivity contribution in [2.75, 3.05) is 0 Å². The van der Waals surface area contributed by atoms with Gasteiger partial charge < -0.3 is 4.57 Å². The first-order chi connectivity index (χ1) is 19.2. The van der Waals surface area contributed by atoms with Gasteiger partial charge in [-0.15, -0.1) is 0 Å². The Morgan fingerprint density at radius 1 is 0.513 bits per heavy atom. The van der Waals surface area contributed by atoms with Crippen molar-refractivity contribution in [3.05, 3.63) is 162 Å². The molecule has 0 amide bonds. The lowest BCUT2D eigenvalue weighted by atomic mass is 9.95. The van der Waals surface area contributed by atoms with E-state index in [1.165, 1.54) is 0 Å². The SMILES string of the molecule is O=C1C(P(=O)(c2ccccc2)c2ccccc2)=C(c2ccccc2)c2c(-c3ccccc3)c3ccccc3n21. The largest absolute Gasteiger partial charge is 0.308 e. The van der Waals surface area contributed by atoms with Crippen molar-refractivity contribution in [1.29, 1.82) is 0 Å². The topological polar surface area (TPSA) is 39.1 Å². The molecule has 1 aromatic heterocycles. The summed E-state index contributed by atoms with van der Waals surface area (Å²) < 4.78 is 17.5. The minimum atomic E-state index is -3.58. The van der Waals surface area contributed by atoms with Crippen LogP contribution in [0.1, 0.15) is 16.1 Å². The molecule has 5 aromatic carbocycles. The van der Waals surface area contributed by atoms with Crippen molar-refractivity contribution in [3.8, 4) is 11.1 Å². The monoisotopic (exact) mass is 521 g/mol. The number of para-hydroxylation sites is 1. The van der Waals surface area contributed by atoms with Gasteiger partial charge in [-0.25, -0.2) is 0 Å². The molecule has 0 unspecified atom stereocenters. The van der Waals surface area contributed by atoms with Crippen LogP contribution in [0.2, 0.25) is 0 Å². The van der Waals surface area contributed by atoms with E-state index < -0.39 is 7.14 Å². The molecular formula is C35H24NO2P. The summed E-state index contributed by atoms with van der Waals surface area (Å²) in [6.07, 6.45) is 0. The zero-order valence-electron chi connectivity index (χ0n) is 21.1. The predicted octanol–water partition coefficient (Wildman–Crippen LogP) is 7.74. The third-order valence-electron chi connectivity index (χ3n) is 7.43. The molecule has 0 saturated carbocycles. The molecule has 39 heavy (non-hydrogen) atoms. The summed E-state index contributed by atoms with van der Waals surface area (Å²) in [5.41, 5.74) is 5.19. The number of benzene rings is 5. The minimum Gasteiger partial charge on any atom is -0.308 e. The highest BCUT2D eigenvalue weighted by Gasteiger charge is 2.46. The highest BCUT2D eigenvalue weighted by molar-refractivity contribution is 7.83. The number of nitrogens with zero attached hydrogens (tertiary/aromatic N) is 1. The van der Waals surface area contributed by atoms with Crippen LogP contribution in [0.5, 0.6) is 0 Å². The van der Waals surface area contributed by atoms with Crippen LogP contribution in [-0.4, -0.2) is 10.5 Å². The molecule has 1 aliphatic heterocycles. The van der Waals surface area contributed by atoms with Crippen LogP contribution in [0.25, 0.3) is 27.6 Å². The summed E-state index contributed by atoms with van der Waals surface area (Å²) in [6, 6.07) is 46.9. The molecule has 4 heteroatoms. The zero-order chi connectivity index (χ0) is 26.4. The van der Waals surface area contributed by atoms with Gasteiger partial charge in [0, 0.05) is 27.1 Å². The maximum atomic E-state index is 15.7. The predicted molar refractivity (Wildman–Crippen MR) is 160 cm³/mol. The molecule has 186 valence electrons. The maximum absolute atomic E-state index is 15.7. The summed E-state index contributed by atoms with van der Waals surface area (Å²) in [6.45, 7) is 0. The number of rotatable bonds is 5. The molecule has 0 fully saturated rings. The van der Waals surface area contributed by atoms with Gasteiger partial charge in [-0.3, -0.25) is 9.36 Å². The Hall–Kier alpha value is -4.72. The van der Waals surface area contributed by atoms with Gasteiger partial charge in [0.05, 0.1) is 16.5 Å². The molecule has 0 radical (unpaired) electrons. The van der Waals surface area contributed by atoms with Gasteiger partial charge in [-0.1, -0.05) is 140 Å². The van der Waals surface area contributed by atoms with Crippen LogP contribution in [-0.2, 0) is 4.57 Å². The van der Waals surface area contributed by atoms with E-state index in [1.807, 2.05) is 127 Å². The Morgan fingerprint density at radius 3 is 1.54 bits per heavy atom. The molecule has 0 N–H and O–H groups in total. The highest BCUT2D eigenvalue weighted by Crippen LogP contribution is 2.60. The quantitative estimate of drug-likeness (QED) is 0.218. The number of aromatic nitrogens is 1. The van der Waals surface area contributed by atoms with E-state index in [4.69, 9.17) is 0 Å². The van der Waals surface area contributed by atoms with Gasteiger partial charge in [0.2, 0.25) is 0 Å². The Labute approximate surface area is 227 Å². The second-order valence-electron chi connectivity index (χ2n) is 9.62. The lowest BCUT2D eigenvalue weighted by Gasteiger charge is -2.22. The fraction of sp³-hybridized carbons (Fsp3) is 0. The Balaban J connectivity index is 1.67. The molecule has 2 heterocycles. The van der Waals surface area contributed by atoms with Crippen molar-refractivity contribution in [2.45, 2.75) is 0 Å². The van der Waals surface area contributed by atoms with Gasteiger partial charge >= 0.3 is 0 Å². The standard InChI is InChI=1S/C35H24NO2P/c37-35-34(39(38,27-19-9-3-10-20-27)28-21-11-4-12-22-28)32(26-17-7-2-8-18-26)33-31(25-15-5-1-6-16-25)29-23-13-14-24-30(29)36(33)35/h1-24H. The number of allylic oxidation sites excluding steroid dienone is 1. The molecule has 7 rings (SSSR count). The van der Waals surface area contributed by atoms with Crippen LogP contribution in [0.4, 0.5) is 0 Å². The average Bonchev–Trinajstić information content (AvgIpc) is 3.51. The van der Waals surface area contributed by atoms with Gasteiger partial charge in [0.15, 0.2) is 7.14 Å². The fourth-order valence-corrected chi connectivity index (χ4v) is 8.68. The first-order valence-electron chi connectivity index (χ1n) is 12.9. The molecule has 1 aliphatic rings. The van der Waals surface area contributed by atoms with Crippen LogP contribution in [0.3, 0.4) is 0 Å². The third-order valence-corrected chi connectivity index (χ3v) is 10.5. The van der Waals surface area contributed by atoms with E-state index in [0.29, 0.717) is 15.9 Å². The molecule has 0 saturated heterocycles. The van der Waals surface area contributed by atoms with E-state index in [2.05, 4.69) is 18.2 Å². The summed E-state index contributed by atoms with van der Waals surface area (Å²) in [4.78, 5) is 14.8. The minimum absolute atomic E-state index is 0.238. The van der Waals surface area contributed by atoms with Crippen molar-refractivity contribution in [2.24, 2.45) is 0 Å². The van der Waals surface area contributed by atoms with Crippen molar-refractivity contribution < 1.29 is 9.36 Å². The zero-order valence-corrected chi connectivity index (χ0v) is 22.0. The van der Waals surface area contributed by atoms with E-state index in [1.54, 1.807) is 4.57 Å². The van der Waals surface area contributed by atoms with Crippen LogP contribution in [0, 0.1) is 0 Å². The molecule has 0 spiro atoms. The highest BCUT2D eigenvalue weighted by atomic mass is 31.2. The first kappa shape index (κ1) is 23.4. The van der Waals surface area contributed by atoms with Gasteiger partial charge in [0.25, 0.3) is 5.91 Å². The number of carbonyl (C=O) groups is 1. The lowest BCUT2D eigenvalue weighted by Crippen LogP contribution is -2.22. The molecule has 0 bridgehead atoms. The van der Waals surface area contributed by atoms with Crippen LogP contribution >= 0.6 is 7.14 Å². The molecule has 0 atom stereocenters. The van der Waals surface area contributed by atoms with Crippen LogP contribution in [0.15, 0.2) is 151 Å². The van der Waals surface area contributed by atoms with Crippen molar-refractivity contribution in [3.63, 3.8) is 0 Å². The van der Waals surface area contributed by atoms with E-state index in [0.717, 1.165) is 38.9 Å². The second-order valence-corrected chi connectivity index (χ2v) is 12.3. The normalized spacial score (nSPS) is 13.2. The molecule has 3 nitrogen and oxygen atoms in total. The molecular weight excluding hydrogens is 497 g/mol. The van der Waals surface area contributed by atoms with Gasteiger partial charge in [0.1, 0.15) is 0 Å². The Kier molecular flexibility index (Phi) is 5.54. The number of hydrogen-bond donors (Lipinski definition) is 0. The van der Waals surface area contributed by atoms with E-state index >= 15 is 4.57 Å². The number of carbonyl (C=O) groups excluding carboxylic acids is 1. The fourth-order valence-electron chi connectivity index (χ4n) is 5.76. The van der Waals surface area contributed by atoms with Crippen LogP contribution < -0.4 is 10.6 Å². The summed E-state index contributed by atoms with van der Waals surface area (Å²) >= 11 is 0. The summed E-state index contributed by atoms with van der Waals surface area (Å²) in [5.74, 6) is -0.238. The van der Waals surface area contributed by atoms with Crippen molar-refractivity contribution in [1.82, 2.24) is 4.57 Å². The average molecular weight is 522 g/mol.